The van der Waals surface area contributed by atoms with Crippen LogP contribution in [0.4, 0.5) is 5.82 Å². The minimum absolute atomic E-state index is 0.0559. The maximum atomic E-state index is 8.90. The number of ether oxygens (including phenoxy) is 1. The number of aliphatic hydroxyl groups excluding tert-OH is 1. The second kappa shape index (κ2) is 5.93. The molecule has 0 atom stereocenters. The predicted molar refractivity (Wildman–Crippen MR) is 64.8 cm³/mol. The maximum absolute atomic E-state index is 8.90. The summed E-state index contributed by atoms with van der Waals surface area (Å²) < 4.78 is 5.61. The summed E-state index contributed by atoms with van der Waals surface area (Å²) in [6.45, 7) is 4.68. The lowest BCUT2D eigenvalue weighted by Crippen LogP contribution is -2.37. The molecular weight excluding hydrogens is 218 g/mol. The Morgan fingerprint density at radius 1 is 1.35 bits per heavy atom. The van der Waals surface area contributed by atoms with Crippen molar-refractivity contribution in [2.75, 3.05) is 24.6 Å². The molecule has 1 N–H and O–H groups in total. The van der Waals surface area contributed by atoms with Crippen molar-refractivity contribution in [3.63, 3.8) is 0 Å². The zero-order valence-electron chi connectivity index (χ0n) is 10.2. The van der Waals surface area contributed by atoms with Gasteiger partial charge in [-0.1, -0.05) is 0 Å². The van der Waals surface area contributed by atoms with Crippen molar-refractivity contribution < 1.29 is 9.84 Å². The first-order chi connectivity index (χ1) is 8.33. The van der Waals surface area contributed by atoms with Crippen molar-refractivity contribution in [1.29, 1.82) is 0 Å². The number of nitrogens with zero attached hydrogens (tertiary/aromatic N) is 3. The number of anilines is 1. The van der Waals surface area contributed by atoms with Crippen LogP contribution in [0.3, 0.4) is 0 Å². The highest BCUT2D eigenvalue weighted by molar-refractivity contribution is 5.37. The normalized spacial score (nSPS) is 17.4. The number of rotatable bonds is 4. The molecule has 1 saturated heterocycles. The van der Waals surface area contributed by atoms with Crippen LogP contribution in [-0.4, -0.2) is 41.1 Å². The summed E-state index contributed by atoms with van der Waals surface area (Å²) in [5, 5.41) is 17.0. The quantitative estimate of drug-likeness (QED) is 0.845. The van der Waals surface area contributed by atoms with E-state index in [1.165, 1.54) is 0 Å². The highest BCUT2D eigenvalue weighted by Gasteiger charge is 2.20. The molecule has 17 heavy (non-hydrogen) atoms. The van der Waals surface area contributed by atoms with Crippen molar-refractivity contribution in [3.8, 4) is 0 Å². The Kier molecular flexibility index (Phi) is 4.28. The van der Waals surface area contributed by atoms with Gasteiger partial charge in [0.25, 0.3) is 0 Å². The van der Waals surface area contributed by atoms with Gasteiger partial charge in [0.05, 0.1) is 18.4 Å². The molecule has 0 amide bonds. The molecule has 1 aliphatic rings. The molecule has 0 aliphatic carbocycles. The lowest BCUT2D eigenvalue weighted by atomic mass is 10.1. The molecule has 1 aliphatic heterocycles. The van der Waals surface area contributed by atoms with Gasteiger partial charge in [0.1, 0.15) is 0 Å². The topological polar surface area (TPSA) is 58.5 Å². The van der Waals surface area contributed by atoms with Gasteiger partial charge in [-0.15, -0.1) is 5.10 Å². The summed E-state index contributed by atoms with van der Waals surface area (Å²) >= 11 is 0. The lowest BCUT2D eigenvalue weighted by Gasteiger charge is -2.32. The van der Waals surface area contributed by atoms with E-state index >= 15 is 0 Å². The van der Waals surface area contributed by atoms with Gasteiger partial charge in [0.15, 0.2) is 5.82 Å². The van der Waals surface area contributed by atoms with Gasteiger partial charge in [-0.25, -0.2) is 0 Å². The SMILES string of the molecule is CCOC1CCN(c2ccc(CO)nn2)CC1. The van der Waals surface area contributed by atoms with Crippen LogP contribution in [-0.2, 0) is 11.3 Å². The maximum Gasteiger partial charge on any atom is 0.151 e. The van der Waals surface area contributed by atoms with Crippen LogP contribution in [0.5, 0.6) is 0 Å². The van der Waals surface area contributed by atoms with E-state index in [0.717, 1.165) is 38.4 Å². The monoisotopic (exact) mass is 237 g/mol. The number of aromatic nitrogens is 2. The van der Waals surface area contributed by atoms with Gasteiger partial charge < -0.3 is 14.7 Å². The Labute approximate surface area is 101 Å². The zero-order chi connectivity index (χ0) is 12.1. The fourth-order valence-electron chi connectivity index (χ4n) is 2.09. The second-order valence-corrected chi connectivity index (χ2v) is 4.18. The third-order valence-corrected chi connectivity index (χ3v) is 3.04. The van der Waals surface area contributed by atoms with Crippen molar-refractivity contribution in [3.05, 3.63) is 17.8 Å². The van der Waals surface area contributed by atoms with Gasteiger partial charge in [-0.2, -0.15) is 5.10 Å². The Balaban J connectivity index is 1.91. The molecule has 1 aromatic rings. The summed E-state index contributed by atoms with van der Waals surface area (Å²) in [5.41, 5.74) is 0.609. The second-order valence-electron chi connectivity index (χ2n) is 4.18. The van der Waals surface area contributed by atoms with E-state index in [1.807, 2.05) is 19.1 Å². The van der Waals surface area contributed by atoms with Crippen LogP contribution in [0.1, 0.15) is 25.5 Å². The standard InChI is InChI=1S/C12H19N3O2/c1-2-17-11-5-7-15(8-6-11)12-4-3-10(9-16)13-14-12/h3-4,11,16H,2,5-9H2,1H3. The van der Waals surface area contributed by atoms with E-state index in [9.17, 15) is 0 Å². The minimum atomic E-state index is -0.0559. The average molecular weight is 237 g/mol. The van der Waals surface area contributed by atoms with Crippen LogP contribution in [0, 0.1) is 0 Å². The molecule has 2 rings (SSSR count). The molecule has 1 fully saturated rings. The third kappa shape index (κ3) is 3.14. The molecule has 0 saturated carbocycles. The van der Waals surface area contributed by atoms with E-state index in [1.54, 1.807) is 0 Å². The number of hydrogen-bond donors (Lipinski definition) is 1. The summed E-state index contributed by atoms with van der Waals surface area (Å²) in [7, 11) is 0. The Hall–Kier alpha value is -1.20. The molecule has 2 heterocycles. The van der Waals surface area contributed by atoms with Crippen molar-refractivity contribution >= 4 is 5.82 Å². The first kappa shape index (κ1) is 12.3. The van der Waals surface area contributed by atoms with Crippen LogP contribution in [0.2, 0.25) is 0 Å². The average Bonchev–Trinajstić information content (AvgIpc) is 2.40. The van der Waals surface area contributed by atoms with Crippen LogP contribution < -0.4 is 4.90 Å². The molecule has 1 aromatic heterocycles. The summed E-state index contributed by atoms with van der Waals surface area (Å²) in [4.78, 5) is 2.21. The molecule has 94 valence electrons. The molecule has 0 unspecified atom stereocenters. The van der Waals surface area contributed by atoms with Gasteiger partial charge in [0, 0.05) is 19.7 Å². The smallest absolute Gasteiger partial charge is 0.151 e. The molecule has 0 aromatic carbocycles. The Bertz CT molecular complexity index is 334. The molecule has 0 bridgehead atoms. The first-order valence-electron chi connectivity index (χ1n) is 6.13. The van der Waals surface area contributed by atoms with Crippen LogP contribution in [0.25, 0.3) is 0 Å². The highest BCUT2D eigenvalue weighted by Crippen LogP contribution is 2.18. The van der Waals surface area contributed by atoms with Gasteiger partial charge in [0.2, 0.25) is 0 Å². The summed E-state index contributed by atoms with van der Waals surface area (Å²) in [6.07, 6.45) is 2.47. The summed E-state index contributed by atoms with van der Waals surface area (Å²) in [6, 6.07) is 3.73. The van der Waals surface area contributed by atoms with Crippen LogP contribution in [0.15, 0.2) is 12.1 Å². The molecule has 0 radical (unpaired) electrons. The predicted octanol–water partition coefficient (Wildman–Crippen LogP) is 0.974. The van der Waals surface area contributed by atoms with E-state index in [4.69, 9.17) is 9.84 Å². The first-order valence-corrected chi connectivity index (χ1v) is 6.13. The third-order valence-electron chi connectivity index (χ3n) is 3.04. The summed E-state index contributed by atoms with van der Waals surface area (Å²) in [5.74, 6) is 0.886. The van der Waals surface area contributed by atoms with Crippen molar-refractivity contribution in [1.82, 2.24) is 10.2 Å². The van der Waals surface area contributed by atoms with E-state index in [2.05, 4.69) is 15.1 Å². The highest BCUT2D eigenvalue weighted by atomic mass is 16.5. The van der Waals surface area contributed by atoms with Gasteiger partial charge >= 0.3 is 0 Å². The van der Waals surface area contributed by atoms with Gasteiger partial charge in [-0.3, -0.25) is 0 Å². The number of aliphatic hydroxyl groups is 1. The lowest BCUT2D eigenvalue weighted by molar-refractivity contribution is 0.0458. The van der Waals surface area contributed by atoms with E-state index in [0.29, 0.717) is 11.8 Å². The Morgan fingerprint density at radius 2 is 2.12 bits per heavy atom. The van der Waals surface area contributed by atoms with Crippen molar-refractivity contribution in [2.24, 2.45) is 0 Å². The fourth-order valence-corrected chi connectivity index (χ4v) is 2.09. The number of hydrogen-bond acceptors (Lipinski definition) is 5. The molecule has 5 nitrogen and oxygen atoms in total. The minimum Gasteiger partial charge on any atom is -0.390 e. The molecule has 5 heteroatoms. The zero-order valence-corrected chi connectivity index (χ0v) is 10.2. The van der Waals surface area contributed by atoms with Gasteiger partial charge in [-0.05, 0) is 31.9 Å². The van der Waals surface area contributed by atoms with E-state index < -0.39 is 0 Å². The fraction of sp³-hybridized carbons (Fsp3) is 0.667. The van der Waals surface area contributed by atoms with Crippen molar-refractivity contribution in [2.45, 2.75) is 32.5 Å². The van der Waals surface area contributed by atoms with Crippen LogP contribution >= 0.6 is 0 Å². The van der Waals surface area contributed by atoms with E-state index in [-0.39, 0.29) is 6.61 Å². The Morgan fingerprint density at radius 3 is 2.65 bits per heavy atom. The molecular formula is C12H19N3O2. The largest absolute Gasteiger partial charge is 0.390 e. The molecule has 0 spiro atoms. The number of piperidine rings is 1.